The number of carbonyl (C=O) groups is 2. The van der Waals surface area contributed by atoms with E-state index in [1.54, 1.807) is 20.8 Å². The van der Waals surface area contributed by atoms with Crippen LogP contribution in [0.2, 0.25) is 0 Å². The number of Topliss-reactive ketones (excluding diaryl/α,β-unsaturated/α-hetero) is 1. The second-order valence-corrected chi connectivity index (χ2v) is 8.88. The average molecular weight is 403 g/mol. The lowest BCUT2D eigenvalue weighted by atomic mass is 9.81. The van der Waals surface area contributed by atoms with Gasteiger partial charge in [-0.25, -0.2) is 8.78 Å². The maximum absolute atomic E-state index is 14.0. The molecule has 0 aliphatic heterocycles. The van der Waals surface area contributed by atoms with Gasteiger partial charge in [0.15, 0.2) is 11.5 Å². The van der Waals surface area contributed by atoms with Gasteiger partial charge in [0.05, 0.1) is 12.2 Å². The zero-order valence-corrected chi connectivity index (χ0v) is 17.2. The number of nitrogens with zero attached hydrogens (tertiary/aromatic N) is 2. The normalized spacial score (nSPS) is 12.9. The lowest BCUT2D eigenvalue weighted by Crippen LogP contribution is -2.49. The Balaban J connectivity index is 2.42. The van der Waals surface area contributed by atoms with E-state index >= 15 is 0 Å². The third kappa shape index (κ3) is 4.67. The molecule has 2 rings (SSSR count). The number of rotatable bonds is 4. The van der Waals surface area contributed by atoms with E-state index in [9.17, 15) is 18.4 Å². The Labute approximate surface area is 167 Å². The summed E-state index contributed by atoms with van der Waals surface area (Å²) in [5.41, 5.74) is -2.13. The van der Waals surface area contributed by atoms with Crippen LogP contribution in [0.25, 0.3) is 0 Å². The minimum absolute atomic E-state index is 0.178. The van der Waals surface area contributed by atoms with Gasteiger partial charge < -0.3 is 9.84 Å². The third-order valence-electron chi connectivity index (χ3n) is 4.34. The van der Waals surface area contributed by atoms with Crippen molar-refractivity contribution in [3.63, 3.8) is 0 Å². The molecule has 154 valence electrons. The molecular formula is C21H23F2N3O3. The van der Waals surface area contributed by atoms with Crippen LogP contribution in [0, 0.1) is 28.4 Å². The molecule has 1 unspecified atom stereocenters. The van der Waals surface area contributed by atoms with Gasteiger partial charge in [-0.1, -0.05) is 46.7 Å². The predicted octanol–water partition coefficient (Wildman–Crippen LogP) is 4.15. The van der Waals surface area contributed by atoms with E-state index in [-0.39, 0.29) is 11.1 Å². The Morgan fingerprint density at radius 1 is 1.14 bits per heavy atom. The van der Waals surface area contributed by atoms with Gasteiger partial charge in [0, 0.05) is 11.0 Å². The Morgan fingerprint density at radius 3 is 2.14 bits per heavy atom. The van der Waals surface area contributed by atoms with Gasteiger partial charge in [-0.15, -0.1) is 0 Å². The van der Waals surface area contributed by atoms with Crippen LogP contribution in [0.4, 0.5) is 8.78 Å². The van der Waals surface area contributed by atoms with Crippen molar-refractivity contribution in [3.8, 4) is 6.07 Å². The number of hydrogen-bond donors (Lipinski definition) is 1. The van der Waals surface area contributed by atoms with E-state index in [2.05, 4.69) is 10.5 Å². The number of aromatic nitrogens is 1. The fourth-order valence-electron chi connectivity index (χ4n) is 2.82. The van der Waals surface area contributed by atoms with Crippen molar-refractivity contribution in [3.05, 3.63) is 52.4 Å². The molecule has 0 radical (unpaired) electrons. The van der Waals surface area contributed by atoms with Crippen LogP contribution < -0.4 is 5.32 Å². The standard InChI is InChI=1S/C21H23F2N3O3/c1-20(2,3)17(16(27)11-7-14(22)12(9-24)15(23)8-11)26-19(28)13-10-25-29-18(13)21(4,5)6/h7-8,10,17H,1-6H3,(H,26,28). The van der Waals surface area contributed by atoms with Crippen molar-refractivity contribution in [1.29, 1.82) is 5.26 Å². The number of amides is 1. The molecule has 1 aromatic carbocycles. The molecule has 0 aliphatic carbocycles. The summed E-state index contributed by atoms with van der Waals surface area (Å²) in [4.78, 5) is 25.9. The first kappa shape index (κ1) is 22.2. The van der Waals surface area contributed by atoms with Gasteiger partial charge in [0.1, 0.15) is 28.8 Å². The van der Waals surface area contributed by atoms with Crippen molar-refractivity contribution in [1.82, 2.24) is 10.5 Å². The highest BCUT2D eigenvalue weighted by atomic mass is 19.1. The van der Waals surface area contributed by atoms with Crippen LogP contribution in [0.3, 0.4) is 0 Å². The summed E-state index contributed by atoms with van der Waals surface area (Å²) in [5, 5.41) is 15.1. The van der Waals surface area contributed by atoms with E-state index in [1.807, 2.05) is 20.8 Å². The second kappa shape index (κ2) is 7.74. The second-order valence-electron chi connectivity index (χ2n) is 8.88. The molecule has 0 saturated heterocycles. The van der Waals surface area contributed by atoms with Gasteiger partial charge in [0.25, 0.3) is 5.91 Å². The Bertz CT molecular complexity index is 969. The van der Waals surface area contributed by atoms with Crippen LogP contribution >= 0.6 is 0 Å². The highest BCUT2D eigenvalue weighted by Gasteiger charge is 2.36. The quantitative estimate of drug-likeness (QED) is 0.774. The molecule has 2 aromatic rings. The molecule has 0 saturated carbocycles. The smallest absolute Gasteiger partial charge is 0.257 e. The molecule has 6 nitrogen and oxygen atoms in total. The minimum Gasteiger partial charge on any atom is -0.360 e. The minimum atomic E-state index is -1.14. The largest absolute Gasteiger partial charge is 0.360 e. The highest BCUT2D eigenvalue weighted by Crippen LogP contribution is 2.28. The van der Waals surface area contributed by atoms with E-state index in [0.717, 1.165) is 12.1 Å². The number of carbonyl (C=O) groups excluding carboxylic acids is 2. The Morgan fingerprint density at radius 2 is 1.69 bits per heavy atom. The fraction of sp³-hybridized carbons (Fsp3) is 0.429. The molecule has 8 heteroatoms. The molecule has 1 amide bonds. The van der Waals surface area contributed by atoms with Crippen LogP contribution in [0.1, 0.15) is 73.6 Å². The molecule has 0 aliphatic rings. The van der Waals surface area contributed by atoms with Crippen molar-refractivity contribution < 1.29 is 22.9 Å². The molecule has 0 spiro atoms. The predicted molar refractivity (Wildman–Crippen MR) is 101 cm³/mol. The number of benzene rings is 1. The van der Waals surface area contributed by atoms with Gasteiger partial charge >= 0.3 is 0 Å². The fourth-order valence-corrected chi connectivity index (χ4v) is 2.82. The molecule has 1 N–H and O–H groups in total. The lowest BCUT2D eigenvalue weighted by Gasteiger charge is -2.30. The number of nitriles is 1. The summed E-state index contributed by atoms with van der Waals surface area (Å²) in [6.45, 7) is 10.7. The maximum Gasteiger partial charge on any atom is 0.257 e. The van der Waals surface area contributed by atoms with Crippen LogP contribution in [0.5, 0.6) is 0 Å². The van der Waals surface area contributed by atoms with Crippen LogP contribution in [0.15, 0.2) is 22.9 Å². The van der Waals surface area contributed by atoms with E-state index < -0.39 is 45.8 Å². The summed E-state index contributed by atoms with van der Waals surface area (Å²) in [7, 11) is 0. The highest BCUT2D eigenvalue weighted by molar-refractivity contribution is 6.05. The monoisotopic (exact) mass is 403 g/mol. The number of nitrogens with one attached hydrogen (secondary N) is 1. The molecule has 29 heavy (non-hydrogen) atoms. The summed E-state index contributed by atoms with van der Waals surface area (Å²) >= 11 is 0. The molecule has 1 atom stereocenters. The number of hydrogen-bond acceptors (Lipinski definition) is 5. The van der Waals surface area contributed by atoms with Gasteiger partial charge in [0.2, 0.25) is 0 Å². The summed E-state index contributed by atoms with van der Waals surface area (Å²) in [6.07, 6.45) is 1.27. The first-order chi connectivity index (χ1) is 13.3. The molecule has 1 aromatic heterocycles. The van der Waals surface area contributed by atoms with E-state index in [4.69, 9.17) is 9.78 Å². The molecule has 0 bridgehead atoms. The van der Waals surface area contributed by atoms with Crippen LogP contribution in [-0.4, -0.2) is 22.9 Å². The lowest BCUT2D eigenvalue weighted by molar-refractivity contribution is 0.0779. The first-order valence-electron chi connectivity index (χ1n) is 8.96. The average Bonchev–Trinajstić information content (AvgIpc) is 3.07. The Kier molecular flexibility index (Phi) is 5.93. The summed E-state index contributed by atoms with van der Waals surface area (Å²) in [5.74, 6) is -3.18. The summed E-state index contributed by atoms with van der Waals surface area (Å²) < 4.78 is 33.2. The topological polar surface area (TPSA) is 96.0 Å². The maximum atomic E-state index is 14.0. The molecular weight excluding hydrogens is 380 g/mol. The molecule has 1 heterocycles. The zero-order valence-electron chi connectivity index (χ0n) is 17.2. The van der Waals surface area contributed by atoms with Gasteiger partial charge in [-0.2, -0.15) is 5.26 Å². The van der Waals surface area contributed by atoms with Crippen molar-refractivity contribution in [2.45, 2.75) is 53.0 Å². The molecule has 0 fully saturated rings. The number of halogens is 2. The van der Waals surface area contributed by atoms with Crippen LogP contribution in [-0.2, 0) is 5.41 Å². The van der Waals surface area contributed by atoms with E-state index in [1.165, 1.54) is 12.3 Å². The van der Waals surface area contributed by atoms with Crippen molar-refractivity contribution >= 4 is 11.7 Å². The third-order valence-corrected chi connectivity index (χ3v) is 4.34. The SMILES string of the molecule is CC(C)(C)c1oncc1C(=O)NC(C(=O)c1cc(F)c(C#N)c(F)c1)C(C)(C)C. The summed E-state index contributed by atoms with van der Waals surface area (Å²) in [6, 6.07) is 1.92. The van der Waals surface area contributed by atoms with E-state index in [0.29, 0.717) is 5.76 Å². The van der Waals surface area contributed by atoms with Crippen molar-refractivity contribution in [2.24, 2.45) is 5.41 Å². The van der Waals surface area contributed by atoms with Crippen molar-refractivity contribution in [2.75, 3.05) is 0 Å². The number of ketones is 1. The van der Waals surface area contributed by atoms with Gasteiger partial charge in [-0.05, 0) is 17.5 Å². The zero-order chi connectivity index (χ0) is 22.1. The van der Waals surface area contributed by atoms with Gasteiger partial charge in [-0.3, -0.25) is 9.59 Å². The Hall–Kier alpha value is -3.08. The first-order valence-corrected chi connectivity index (χ1v) is 8.96.